The Morgan fingerprint density at radius 3 is 2.41 bits per heavy atom. The van der Waals surface area contributed by atoms with Gasteiger partial charge in [-0.15, -0.1) is 0 Å². The third kappa shape index (κ3) is 5.17. The number of carbonyl (C=O) groups excluding carboxylic acids is 2. The van der Waals surface area contributed by atoms with E-state index in [0.29, 0.717) is 29.9 Å². The summed E-state index contributed by atoms with van der Waals surface area (Å²) < 4.78 is 0. The van der Waals surface area contributed by atoms with Gasteiger partial charge in [0.25, 0.3) is 5.91 Å². The molecule has 0 saturated heterocycles. The molecule has 0 bridgehead atoms. The fraction of sp³-hybridized carbons (Fsp3) is 0.556. The van der Waals surface area contributed by atoms with Crippen LogP contribution in [0, 0.1) is 11.3 Å². The van der Waals surface area contributed by atoms with Crippen LogP contribution in [0.4, 0.5) is 0 Å². The Labute approximate surface area is 132 Å². The van der Waals surface area contributed by atoms with Crippen LogP contribution in [0.5, 0.6) is 0 Å². The molecule has 1 aromatic rings. The van der Waals surface area contributed by atoms with Crippen LogP contribution in [0.3, 0.4) is 0 Å². The van der Waals surface area contributed by atoms with E-state index >= 15 is 0 Å². The molecule has 0 atom stereocenters. The van der Waals surface area contributed by atoms with Crippen LogP contribution in [0.2, 0.25) is 0 Å². The minimum atomic E-state index is -0.133. The maximum Gasteiger partial charge on any atom is 0.251 e. The smallest absolute Gasteiger partial charge is 0.251 e. The third-order valence-corrected chi connectivity index (χ3v) is 4.13. The first kappa shape index (κ1) is 16.5. The largest absolute Gasteiger partial charge is 0.355 e. The molecule has 1 saturated carbocycles. The predicted octanol–water partition coefficient (Wildman–Crippen LogP) is 2.75. The van der Waals surface area contributed by atoms with Gasteiger partial charge in [0.15, 0.2) is 0 Å². The summed E-state index contributed by atoms with van der Waals surface area (Å²) in [5, 5.41) is 5.79. The highest BCUT2D eigenvalue weighted by atomic mass is 16.2. The van der Waals surface area contributed by atoms with Gasteiger partial charge in [0, 0.05) is 25.1 Å². The molecule has 0 heterocycles. The Bertz CT molecular complexity index is 507. The van der Waals surface area contributed by atoms with Crippen LogP contribution in [0.25, 0.3) is 0 Å². The van der Waals surface area contributed by atoms with E-state index in [0.717, 1.165) is 6.54 Å². The summed E-state index contributed by atoms with van der Waals surface area (Å²) >= 11 is 0. The molecule has 0 radical (unpaired) electrons. The second kappa shape index (κ2) is 7.43. The normalized spacial score (nSPS) is 15.4. The molecule has 4 nitrogen and oxygen atoms in total. The van der Waals surface area contributed by atoms with Crippen LogP contribution in [0.15, 0.2) is 30.3 Å². The molecular weight excluding hydrogens is 276 g/mol. The summed E-state index contributed by atoms with van der Waals surface area (Å²) in [4.78, 5) is 23.7. The van der Waals surface area contributed by atoms with Gasteiger partial charge < -0.3 is 10.6 Å². The van der Waals surface area contributed by atoms with E-state index in [1.807, 2.05) is 18.2 Å². The van der Waals surface area contributed by atoms with Crippen LogP contribution >= 0.6 is 0 Å². The zero-order valence-corrected chi connectivity index (χ0v) is 13.5. The number of rotatable bonds is 8. The highest BCUT2D eigenvalue weighted by molar-refractivity contribution is 5.94. The second-order valence-electron chi connectivity index (χ2n) is 6.75. The molecule has 2 N–H and O–H groups in total. The van der Waals surface area contributed by atoms with Crippen molar-refractivity contribution in [3.05, 3.63) is 35.9 Å². The first-order chi connectivity index (χ1) is 10.5. The molecule has 2 rings (SSSR count). The summed E-state index contributed by atoms with van der Waals surface area (Å²) in [5.41, 5.74) is 0.966. The molecule has 0 aromatic heterocycles. The summed E-state index contributed by atoms with van der Waals surface area (Å²) in [6.45, 7) is 5.59. The third-order valence-electron chi connectivity index (χ3n) is 4.13. The van der Waals surface area contributed by atoms with E-state index in [1.165, 1.54) is 19.3 Å². The summed E-state index contributed by atoms with van der Waals surface area (Å²) in [6, 6.07) is 9.04. The molecule has 1 fully saturated rings. The summed E-state index contributed by atoms with van der Waals surface area (Å²) in [6.07, 6.45) is 3.95. The first-order valence-corrected chi connectivity index (χ1v) is 8.11. The lowest BCUT2D eigenvalue weighted by molar-refractivity contribution is -0.121. The lowest BCUT2D eigenvalue weighted by Gasteiger charge is -2.18. The fourth-order valence-corrected chi connectivity index (χ4v) is 2.85. The SMILES string of the molecule is CC(C)CC1(CNC(=O)CCNC(=O)c2ccccc2)CC1. The molecule has 22 heavy (non-hydrogen) atoms. The number of benzene rings is 1. The van der Waals surface area contributed by atoms with E-state index in [4.69, 9.17) is 0 Å². The van der Waals surface area contributed by atoms with Crippen molar-refractivity contribution < 1.29 is 9.59 Å². The van der Waals surface area contributed by atoms with Crippen LogP contribution in [-0.4, -0.2) is 24.9 Å². The van der Waals surface area contributed by atoms with Crippen LogP contribution in [0.1, 0.15) is 49.9 Å². The average molecular weight is 302 g/mol. The number of nitrogens with one attached hydrogen (secondary N) is 2. The van der Waals surface area contributed by atoms with Gasteiger partial charge in [-0.1, -0.05) is 32.0 Å². The maximum absolute atomic E-state index is 11.9. The first-order valence-electron chi connectivity index (χ1n) is 8.11. The van der Waals surface area contributed by atoms with E-state index < -0.39 is 0 Å². The van der Waals surface area contributed by atoms with Crippen molar-refractivity contribution in [3.63, 3.8) is 0 Å². The molecule has 2 amide bonds. The van der Waals surface area contributed by atoms with Crippen molar-refractivity contribution >= 4 is 11.8 Å². The van der Waals surface area contributed by atoms with E-state index in [-0.39, 0.29) is 11.8 Å². The predicted molar refractivity (Wildman–Crippen MR) is 87.5 cm³/mol. The number of hydrogen-bond donors (Lipinski definition) is 2. The molecular formula is C18H26N2O2. The topological polar surface area (TPSA) is 58.2 Å². The van der Waals surface area contributed by atoms with Crippen LogP contribution in [-0.2, 0) is 4.79 Å². The fourth-order valence-electron chi connectivity index (χ4n) is 2.85. The second-order valence-corrected chi connectivity index (χ2v) is 6.75. The van der Waals surface area contributed by atoms with Gasteiger partial charge in [-0.05, 0) is 42.7 Å². The standard InChI is InChI=1S/C18H26N2O2/c1-14(2)12-18(9-10-18)13-20-16(21)8-11-19-17(22)15-6-4-3-5-7-15/h3-7,14H,8-13H2,1-2H3,(H,19,22)(H,20,21). The van der Waals surface area contributed by atoms with Gasteiger partial charge in [-0.3, -0.25) is 9.59 Å². The maximum atomic E-state index is 11.9. The van der Waals surface area contributed by atoms with E-state index in [2.05, 4.69) is 24.5 Å². The number of amides is 2. The molecule has 1 aliphatic carbocycles. The Balaban J connectivity index is 1.63. The minimum Gasteiger partial charge on any atom is -0.355 e. The van der Waals surface area contributed by atoms with Crippen molar-refractivity contribution in [2.75, 3.05) is 13.1 Å². The minimum absolute atomic E-state index is 0.0170. The Kier molecular flexibility index (Phi) is 5.58. The molecule has 0 aliphatic heterocycles. The molecule has 0 spiro atoms. The number of hydrogen-bond acceptors (Lipinski definition) is 2. The molecule has 120 valence electrons. The van der Waals surface area contributed by atoms with Crippen molar-refractivity contribution in [3.8, 4) is 0 Å². The highest BCUT2D eigenvalue weighted by Crippen LogP contribution is 2.49. The molecule has 4 heteroatoms. The van der Waals surface area contributed by atoms with Crippen molar-refractivity contribution in [2.24, 2.45) is 11.3 Å². The van der Waals surface area contributed by atoms with Crippen LogP contribution < -0.4 is 10.6 Å². The lowest BCUT2D eigenvalue weighted by Crippen LogP contribution is -2.34. The number of carbonyl (C=O) groups is 2. The highest BCUT2D eigenvalue weighted by Gasteiger charge is 2.42. The Morgan fingerprint density at radius 2 is 1.82 bits per heavy atom. The van der Waals surface area contributed by atoms with Gasteiger partial charge in [-0.25, -0.2) is 0 Å². The zero-order chi connectivity index (χ0) is 16.0. The molecule has 0 unspecified atom stereocenters. The zero-order valence-electron chi connectivity index (χ0n) is 13.5. The molecule has 1 aliphatic rings. The van der Waals surface area contributed by atoms with E-state index in [1.54, 1.807) is 12.1 Å². The summed E-state index contributed by atoms with van der Waals surface area (Å²) in [5.74, 6) is 0.555. The van der Waals surface area contributed by atoms with Gasteiger partial charge in [0.05, 0.1) is 0 Å². The average Bonchev–Trinajstić information content (AvgIpc) is 3.25. The van der Waals surface area contributed by atoms with Crippen molar-refractivity contribution in [2.45, 2.75) is 39.5 Å². The van der Waals surface area contributed by atoms with Crippen molar-refractivity contribution in [1.29, 1.82) is 0 Å². The quantitative estimate of drug-likeness (QED) is 0.776. The van der Waals surface area contributed by atoms with Gasteiger partial charge >= 0.3 is 0 Å². The van der Waals surface area contributed by atoms with Crippen molar-refractivity contribution in [1.82, 2.24) is 10.6 Å². The summed E-state index contributed by atoms with van der Waals surface area (Å²) in [7, 11) is 0. The monoisotopic (exact) mass is 302 g/mol. The Hall–Kier alpha value is -1.84. The van der Waals surface area contributed by atoms with E-state index in [9.17, 15) is 9.59 Å². The Morgan fingerprint density at radius 1 is 1.14 bits per heavy atom. The van der Waals surface area contributed by atoms with Gasteiger partial charge in [0.1, 0.15) is 0 Å². The lowest BCUT2D eigenvalue weighted by atomic mass is 9.94. The van der Waals surface area contributed by atoms with Gasteiger partial charge in [-0.2, -0.15) is 0 Å². The molecule has 1 aromatic carbocycles. The van der Waals surface area contributed by atoms with Gasteiger partial charge in [0.2, 0.25) is 5.91 Å².